The molecule has 0 saturated carbocycles. The Bertz CT molecular complexity index is 1040. The minimum atomic E-state index is -0.349. The van der Waals surface area contributed by atoms with Crippen molar-refractivity contribution in [2.24, 2.45) is 0 Å². The third-order valence-corrected chi connectivity index (χ3v) is 6.88. The Hall–Kier alpha value is -2.38. The van der Waals surface area contributed by atoms with Crippen LogP contribution in [0, 0.1) is 5.82 Å². The zero-order valence-electron chi connectivity index (χ0n) is 18.0. The number of carbonyl (C=O) groups is 1. The van der Waals surface area contributed by atoms with Gasteiger partial charge in [-0.25, -0.2) is 4.39 Å². The van der Waals surface area contributed by atoms with Gasteiger partial charge in [-0.1, -0.05) is 12.8 Å². The maximum absolute atomic E-state index is 14.2. The Labute approximate surface area is 181 Å². The van der Waals surface area contributed by atoms with Crippen LogP contribution in [-0.2, 0) is 0 Å². The predicted octanol–water partition coefficient (Wildman–Crippen LogP) is 4.12. The van der Waals surface area contributed by atoms with E-state index in [2.05, 4.69) is 20.1 Å². The van der Waals surface area contributed by atoms with E-state index in [1.807, 2.05) is 0 Å². The minimum Gasteiger partial charge on any atom is -0.464 e. The van der Waals surface area contributed by atoms with E-state index >= 15 is 0 Å². The van der Waals surface area contributed by atoms with Crippen LogP contribution in [-0.4, -0.2) is 66.0 Å². The van der Waals surface area contributed by atoms with E-state index in [1.54, 1.807) is 12.1 Å². The summed E-state index contributed by atoms with van der Waals surface area (Å²) >= 11 is 0. The van der Waals surface area contributed by atoms with Gasteiger partial charge in [0.15, 0.2) is 0 Å². The highest BCUT2D eigenvalue weighted by Gasteiger charge is 2.23. The summed E-state index contributed by atoms with van der Waals surface area (Å²) in [6.07, 6.45) is 8.81. The number of H-pyrrole nitrogens is 1. The monoisotopic (exact) mass is 426 g/mol. The van der Waals surface area contributed by atoms with Crippen molar-refractivity contribution in [1.29, 1.82) is 0 Å². The lowest BCUT2D eigenvalue weighted by molar-refractivity contribution is 0.0902. The summed E-state index contributed by atoms with van der Waals surface area (Å²) in [5, 5.41) is 4.32. The Balaban J connectivity index is 1.15. The minimum absolute atomic E-state index is 0.140. The summed E-state index contributed by atoms with van der Waals surface area (Å²) in [6.45, 7) is 6.79. The fraction of sp³-hybridized carbons (Fsp3) is 0.542. The molecule has 3 aromatic rings. The van der Waals surface area contributed by atoms with Gasteiger partial charge < -0.3 is 24.5 Å². The summed E-state index contributed by atoms with van der Waals surface area (Å²) in [5.74, 6) is -0.489. The normalized spacial score (nSPS) is 19.8. The third kappa shape index (κ3) is 4.48. The SMILES string of the molecule is O=C(NC1CCN(CCN2CCCCCC2)CC1)c1cc2c(cc(F)c3ccoc32)[nH]1. The molecular weight excluding hydrogens is 395 g/mol. The average molecular weight is 427 g/mol. The molecular formula is C24H31FN4O2. The molecule has 2 saturated heterocycles. The standard InChI is InChI=1S/C24H31FN4O2/c25-20-16-21-19(23-18(20)7-14-31-23)15-22(27-21)24(30)26-17-5-10-29(11-6-17)13-12-28-8-3-1-2-4-9-28/h7,14-17,27H,1-6,8-13H2,(H,26,30). The van der Waals surface area contributed by atoms with Crippen molar-refractivity contribution in [2.45, 2.75) is 44.6 Å². The molecule has 31 heavy (non-hydrogen) atoms. The molecule has 7 heteroatoms. The predicted molar refractivity (Wildman–Crippen MR) is 120 cm³/mol. The van der Waals surface area contributed by atoms with E-state index in [-0.39, 0.29) is 17.8 Å². The number of amides is 1. The van der Waals surface area contributed by atoms with Crippen molar-refractivity contribution in [3.05, 3.63) is 36.0 Å². The van der Waals surface area contributed by atoms with Gasteiger partial charge in [0.1, 0.15) is 17.1 Å². The average Bonchev–Trinajstić information content (AvgIpc) is 3.35. The number of carbonyl (C=O) groups excluding carboxylic acids is 1. The van der Waals surface area contributed by atoms with Crippen molar-refractivity contribution in [3.8, 4) is 0 Å². The number of hydrogen-bond donors (Lipinski definition) is 2. The Morgan fingerprint density at radius 1 is 1.03 bits per heavy atom. The molecule has 0 aliphatic carbocycles. The van der Waals surface area contributed by atoms with E-state index in [0.29, 0.717) is 22.2 Å². The van der Waals surface area contributed by atoms with Crippen molar-refractivity contribution < 1.29 is 13.6 Å². The molecule has 2 N–H and O–H groups in total. The van der Waals surface area contributed by atoms with Gasteiger partial charge in [-0.05, 0) is 57.0 Å². The molecule has 0 radical (unpaired) electrons. The summed E-state index contributed by atoms with van der Waals surface area (Å²) in [6, 6.07) is 4.96. The molecule has 6 nitrogen and oxygen atoms in total. The summed E-state index contributed by atoms with van der Waals surface area (Å²) < 4.78 is 19.6. The van der Waals surface area contributed by atoms with Gasteiger partial charge in [0, 0.05) is 37.6 Å². The zero-order valence-corrected chi connectivity index (χ0v) is 18.0. The van der Waals surface area contributed by atoms with Crippen molar-refractivity contribution in [1.82, 2.24) is 20.1 Å². The molecule has 0 unspecified atom stereocenters. The topological polar surface area (TPSA) is 64.5 Å². The second-order valence-corrected chi connectivity index (χ2v) is 9.01. The lowest BCUT2D eigenvalue weighted by atomic mass is 10.0. The van der Waals surface area contributed by atoms with Crippen molar-refractivity contribution in [2.75, 3.05) is 39.3 Å². The first-order valence-electron chi connectivity index (χ1n) is 11.6. The molecule has 2 aromatic heterocycles. The first-order chi connectivity index (χ1) is 15.2. The van der Waals surface area contributed by atoms with Crippen LogP contribution < -0.4 is 5.32 Å². The molecule has 1 aromatic carbocycles. The van der Waals surface area contributed by atoms with Gasteiger partial charge in [-0.3, -0.25) is 4.79 Å². The number of nitrogens with one attached hydrogen (secondary N) is 2. The largest absolute Gasteiger partial charge is 0.464 e. The van der Waals surface area contributed by atoms with Crippen LogP contribution >= 0.6 is 0 Å². The Morgan fingerprint density at radius 3 is 2.48 bits per heavy atom. The van der Waals surface area contributed by atoms with Crippen LogP contribution in [0.25, 0.3) is 21.9 Å². The number of furan rings is 1. The van der Waals surface area contributed by atoms with Crippen molar-refractivity contribution in [3.63, 3.8) is 0 Å². The summed E-state index contributed by atoms with van der Waals surface area (Å²) in [7, 11) is 0. The smallest absolute Gasteiger partial charge is 0.267 e. The van der Waals surface area contributed by atoms with Crippen LogP contribution in [0.1, 0.15) is 49.0 Å². The highest BCUT2D eigenvalue weighted by atomic mass is 19.1. The van der Waals surface area contributed by atoms with Gasteiger partial charge in [-0.15, -0.1) is 0 Å². The highest BCUT2D eigenvalue weighted by molar-refractivity contribution is 6.07. The van der Waals surface area contributed by atoms with Gasteiger partial charge in [0.05, 0.1) is 17.2 Å². The molecule has 2 fully saturated rings. The van der Waals surface area contributed by atoms with E-state index < -0.39 is 0 Å². The number of nitrogens with zero attached hydrogens (tertiary/aromatic N) is 2. The lowest BCUT2D eigenvalue weighted by Gasteiger charge is -2.33. The molecule has 2 aliphatic heterocycles. The van der Waals surface area contributed by atoms with Crippen LogP contribution in [0.5, 0.6) is 0 Å². The van der Waals surface area contributed by atoms with Crippen LogP contribution in [0.15, 0.2) is 28.9 Å². The third-order valence-electron chi connectivity index (χ3n) is 6.88. The molecule has 0 spiro atoms. The molecule has 2 aliphatic rings. The van der Waals surface area contributed by atoms with E-state index in [4.69, 9.17) is 4.42 Å². The molecule has 166 valence electrons. The van der Waals surface area contributed by atoms with Gasteiger partial charge in [0.25, 0.3) is 5.91 Å². The van der Waals surface area contributed by atoms with Gasteiger partial charge >= 0.3 is 0 Å². The zero-order chi connectivity index (χ0) is 21.2. The number of piperidine rings is 1. The van der Waals surface area contributed by atoms with Crippen molar-refractivity contribution >= 4 is 27.8 Å². The Kier molecular flexibility index (Phi) is 5.96. The molecule has 1 amide bonds. The quantitative estimate of drug-likeness (QED) is 0.644. The first kappa shape index (κ1) is 20.5. The number of aromatic nitrogens is 1. The number of fused-ring (bicyclic) bond motifs is 3. The number of rotatable bonds is 5. The molecule has 4 heterocycles. The number of hydrogen-bond acceptors (Lipinski definition) is 4. The maximum Gasteiger partial charge on any atom is 0.267 e. The first-order valence-corrected chi connectivity index (χ1v) is 11.6. The van der Waals surface area contributed by atoms with Crippen LogP contribution in [0.3, 0.4) is 0 Å². The number of benzene rings is 1. The molecule has 0 atom stereocenters. The highest BCUT2D eigenvalue weighted by Crippen LogP contribution is 2.29. The number of halogens is 1. The lowest BCUT2D eigenvalue weighted by Crippen LogP contribution is -2.46. The van der Waals surface area contributed by atoms with Crippen LogP contribution in [0.2, 0.25) is 0 Å². The number of aromatic amines is 1. The second kappa shape index (κ2) is 9.01. The van der Waals surface area contributed by atoms with E-state index in [0.717, 1.165) is 44.4 Å². The fourth-order valence-corrected chi connectivity index (χ4v) is 5.01. The van der Waals surface area contributed by atoms with Gasteiger partial charge in [-0.2, -0.15) is 0 Å². The fourth-order valence-electron chi connectivity index (χ4n) is 5.01. The van der Waals surface area contributed by atoms with Gasteiger partial charge in [0.2, 0.25) is 0 Å². The van der Waals surface area contributed by atoms with Crippen LogP contribution in [0.4, 0.5) is 4.39 Å². The Morgan fingerprint density at radius 2 is 1.74 bits per heavy atom. The number of likely N-dealkylation sites (tertiary alicyclic amines) is 2. The second-order valence-electron chi connectivity index (χ2n) is 9.01. The molecule has 5 rings (SSSR count). The summed E-state index contributed by atoms with van der Waals surface area (Å²) in [4.78, 5) is 21.0. The van der Waals surface area contributed by atoms with E-state index in [9.17, 15) is 9.18 Å². The molecule has 0 bridgehead atoms. The summed E-state index contributed by atoms with van der Waals surface area (Å²) in [5.41, 5.74) is 1.50. The van der Waals surface area contributed by atoms with E-state index in [1.165, 1.54) is 51.1 Å². The maximum atomic E-state index is 14.2.